The molecule has 3 N–H and O–H groups in total. The fourth-order valence-corrected chi connectivity index (χ4v) is 4.08. The molecule has 10 heteroatoms. The first kappa shape index (κ1) is 21.4. The van der Waals surface area contributed by atoms with Crippen molar-refractivity contribution >= 4 is 22.8 Å². The number of aromatic nitrogens is 3. The monoisotopic (exact) mass is 463 g/mol. The number of ether oxygens (including phenoxy) is 3. The van der Waals surface area contributed by atoms with Crippen LogP contribution in [-0.2, 0) is 4.74 Å². The zero-order chi connectivity index (χ0) is 22.2. The van der Waals surface area contributed by atoms with Crippen LogP contribution in [-0.4, -0.2) is 62.8 Å². The first-order valence-corrected chi connectivity index (χ1v) is 11.0. The summed E-state index contributed by atoms with van der Waals surface area (Å²) in [5.74, 6) is 0.0123. The molecule has 0 bridgehead atoms. The van der Waals surface area contributed by atoms with E-state index in [1.54, 1.807) is 18.2 Å². The summed E-state index contributed by atoms with van der Waals surface area (Å²) in [6.45, 7) is -0.0484. The van der Waals surface area contributed by atoms with E-state index in [4.69, 9.17) is 30.9 Å². The van der Waals surface area contributed by atoms with Crippen molar-refractivity contribution in [3.63, 3.8) is 0 Å². The molecule has 1 aliphatic heterocycles. The number of benzene rings is 1. The highest BCUT2D eigenvalue weighted by Crippen LogP contribution is 2.34. The Kier molecular flexibility index (Phi) is 5.90. The Morgan fingerprint density at radius 2 is 2.03 bits per heavy atom. The second-order valence-corrected chi connectivity index (χ2v) is 8.55. The van der Waals surface area contributed by atoms with Gasteiger partial charge in [0.1, 0.15) is 23.8 Å². The third kappa shape index (κ3) is 4.25. The standard InChI is InChI=1S/C22H23ClFN3O5/c23-15-8-17-21(27-22(25-17)32-13-7-18(29)19(9-28)30-10-13)26-20(15)14-5-4-12(6-16(14)24)31-11-2-1-3-11/h4-6,8,11,13,18-19,28-29H,1-3,7,9-10H2,(H,25,26,27)/t13-,18+,19-/m1/s1. The minimum atomic E-state index is -0.832. The van der Waals surface area contributed by atoms with Gasteiger partial charge in [0.15, 0.2) is 5.65 Å². The van der Waals surface area contributed by atoms with Crippen molar-refractivity contribution in [3.8, 4) is 23.0 Å². The predicted octanol–water partition coefficient (Wildman–Crippen LogP) is 3.24. The second-order valence-electron chi connectivity index (χ2n) is 8.14. The van der Waals surface area contributed by atoms with E-state index in [0.29, 0.717) is 23.3 Å². The van der Waals surface area contributed by atoms with Gasteiger partial charge < -0.3 is 29.4 Å². The number of hydrogen-bond acceptors (Lipinski definition) is 7. The SMILES string of the molecule is OC[C@H]1OC[C@H](Oc2nc3nc(-c4ccc(OC5CCC5)cc4F)c(Cl)cc3[nH]2)C[C@@H]1O. The molecule has 170 valence electrons. The average molecular weight is 464 g/mol. The van der Waals surface area contributed by atoms with Gasteiger partial charge in [-0.15, -0.1) is 0 Å². The van der Waals surface area contributed by atoms with E-state index in [2.05, 4.69) is 15.0 Å². The fourth-order valence-electron chi connectivity index (χ4n) is 3.83. The van der Waals surface area contributed by atoms with E-state index in [1.165, 1.54) is 6.07 Å². The number of imidazole rings is 1. The molecule has 3 aromatic rings. The van der Waals surface area contributed by atoms with E-state index in [0.717, 1.165) is 19.3 Å². The third-order valence-electron chi connectivity index (χ3n) is 5.84. The van der Waals surface area contributed by atoms with Gasteiger partial charge >= 0.3 is 0 Å². The van der Waals surface area contributed by atoms with Crippen LogP contribution in [0.3, 0.4) is 0 Å². The molecule has 1 aliphatic carbocycles. The van der Waals surface area contributed by atoms with Crippen LogP contribution in [0.15, 0.2) is 24.3 Å². The maximum Gasteiger partial charge on any atom is 0.296 e. The maximum atomic E-state index is 14.8. The Morgan fingerprint density at radius 1 is 1.19 bits per heavy atom. The molecule has 0 amide bonds. The summed E-state index contributed by atoms with van der Waals surface area (Å²) < 4.78 is 31.7. The van der Waals surface area contributed by atoms with Crippen molar-refractivity contribution in [2.75, 3.05) is 13.2 Å². The molecule has 5 rings (SSSR count). The Labute approximate surface area is 188 Å². The third-order valence-corrected chi connectivity index (χ3v) is 6.13. The van der Waals surface area contributed by atoms with Crippen LogP contribution in [0.25, 0.3) is 22.4 Å². The number of aromatic amines is 1. The van der Waals surface area contributed by atoms with Crippen molar-refractivity contribution in [1.29, 1.82) is 0 Å². The van der Waals surface area contributed by atoms with Crippen molar-refractivity contribution in [1.82, 2.24) is 15.0 Å². The summed E-state index contributed by atoms with van der Waals surface area (Å²) in [7, 11) is 0. The van der Waals surface area contributed by atoms with Gasteiger partial charge in [0, 0.05) is 18.1 Å². The smallest absolute Gasteiger partial charge is 0.296 e. The fraction of sp³-hybridized carbons (Fsp3) is 0.455. The van der Waals surface area contributed by atoms with Crippen LogP contribution in [0.4, 0.5) is 4.39 Å². The quantitative estimate of drug-likeness (QED) is 0.514. The van der Waals surface area contributed by atoms with Crippen LogP contribution >= 0.6 is 11.6 Å². The molecule has 0 spiro atoms. The van der Waals surface area contributed by atoms with Crippen molar-refractivity contribution in [2.45, 2.75) is 50.1 Å². The van der Waals surface area contributed by atoms with E-state index in [-0.39, 0.29) is 41.6 Å². The van der Waals surface area contributed by atoms with Gasteiger partial charge in [0.05, 0.1) is 41.7 Å². The second kappa shape index (κ2) is 8.82. The summed E-state index contributed by atoms with van der Waals surface area (Å²) in [6, 6.07) is 6.47. The van der Waals surface area contributed by atoms with Crippen molar-refractivity contribution in [2.24, 2.45) is 0 Å². The highest BCUT2D eigenvalue weighted by molar-refractivity contribution is 6.33. The maximum absolute atomic E-state index is 14.8. The number of H-pyrrole nitrogens is 1. The van der Waals surface area contributed by atoms with Crippen LogP contribution in [0.5, 0.6) is 11.8 Å². The molecule has 0 unspecified atom stereocenters. The number of halogens is 2. The van der Waals surface area contributed by atoms with Gasteiger partial charge in [-0.25, -0.2) is 9.37 Å². The minimum absolute atomic E-state index is 0.158. The first-order chi connectivity index (χ1) is 15.5. The minimum Gasteiger partial charge on any atom is -0.490 e. The van der Waals surface area contributed by atoms with Crippen LogP contribution in [0.2, 0.25) is 5.02 Å². The Morgan fingerprint density at radius 3 is 2.72 bits per heavy atom. The summed E-state index contributed by atoms with van der Waals surface area (Å²) in [5, 5.41) is 19.4. The van der Waals surface area contributed by atoms with Gasteiger partial charge in [-0.2, -0.15) is 4.98 Å². The van der Waals surface area contributed by atoms with Crippen molar-refractivity contribution in [3.05, 3.63) is 35.1 Å². The number of aliphatic hydroxyl groups is 2. The lowest BCUT2D eigenvalue weighted by atomic mass is 9.96. The molecular formula is C22H23ClFN3O5. The average Bonchev–Trinajstić information content (AvgIpc) is 3.11. The Balaban J connectivity index is 1.36. The van der Waals surface area contributed by atoms with Gasteiger partial charge in [0.2, 0.25) is 0 Å². The van der Waals surface area contributed by atoms with Gasteiger partial charge in [-0.3, -0.25) is 0 Å². The lowest BCUT2D eigenvalue weighted by Crippen LogP contribution is -2.45. The molecule has 1 saturated carbocycles. The predicted molar refractivity (Wildman–Crippen MR) is 114 cm³/mol. The highest BCUT2D eigenvalue weighted by atomic mass is 35.5. The van der Waals surface area contributed by atoms with Crippen LogP contribution in [0.1, 0.15) is 25.7 Å². The van der Waals surface area contributed by atoms with E-state index < -0.39 is 24.1 Å². The number of nitrogens with zero attached hydrogens (tertiary/aromatic N) is 2. The topological polar surface area (TPSA) is 110 Å². The summed E-state index contributed by atoms with van der Waals surface area (Å²) in [4.78, 5) is 11.7. The summed E-state index contributed by atoms with van der Waals surface area (Å²) >= 11 is 6.39. The first-order valence-electron chi connectivity index (χ1n) is 10.6. The number of rotatable bonds is 6. The van der Waals surface area contributed by atoms with E-state index in [9.17, 15) is 9.50 Å². The number of pyridine rings is 1. The molecule has 2 aromatic heterocycles. The van der Waals surface area contributed by atoms with Gasteiger partial charge in [-0.05, 0) is 37.5 Å². The molecule has 3 heterocycles. The molecule has 32 heavy (non-hydrogen) atoms. The number of hydrogen-bond donors (Lipinski definition) is 3. The summed E-state index contributed by atoms with van der Waals surface area (Å²) in [5.41, 5.74) is 1.37. The summed E-state index contributed by atoms with van der Waals surface area (Å²) in [6.07, 6.45) is 1.68. The Hall–Kier alpha value is -2.46. The molecule has 3 atom stereocenters. The Bertz CT molecular complexity index is 1120. The van der Waals surface area contributed by atoms with Gasteiger partial charge in [-0.1, -0.05) is 11.6 Å². The molecule has 1 aromatic carbocycles. The number of nitrogens with one attached hydrogen (secondary N) is 1. The number of aliphatic hydroxyl groups excluding tert-OH is 2. The van der Waals surface area contributed by atoms with Crippen LogP contribution < -0.4 is 9.47 Å². The van der Waals surface area contributed by atoms with E-state index in [1.807, 2.05) is 0 Å². The zero-order valence-corrected chi connectivity index (χ0v) is 17.9. The molecule has 8 nitrogen and oxygen atoms in total. The largest absolute Gasteiger partial charge is 0.490 e. The molecule has 0 radical (unpaired) electrons. The number of fused-ring (bicyclic) bond motifs is 1. The normalized spacial score (nSPS) is 23.8. The van der Waals surface area contributed by atoms with Crippen LogP contribution in [0, 0.1) is 5.82 Å². The lowest BCUT2D eigenvalue weighted by Gasteiger charge is -2.31. The molecule has 2 aliphatic rings. The molecule has 2 fully saturated rings. The van der Waals surface area contributed by atoms with Gasteiger partial charge in [0.25, 0.3) is 6.01 Å². The van der Waals surface area contributed by atoms with Crippen molar-refractivity contribution < 1.29 is 28.8 Å². The van der Waals surface area contributed by atoms with E-state index >= 15 is 0 Å². The molecular weight excluding hydrogens is 441 g/mol. The molecule has 1 saturated heterocycles. The highest BCUT2D eigenvalue weighted by Gasteiger charge is 2.31. The lowest BCUT2D eigenvalue weighted by molar-refractivity contribution is -0.131. The zero-order valence-electron chi connectivity index (χ0n) is 17.1.